The first-order valence-electron chi connectivity index (χ1n) is 11.9. The van der Waals surface area contributed by atoms with Gasteiger partial charge in [0.1, 0.15) is 18.2 Å². The Morgan fingerprint density at radius 3 is 2.44 bits per heavy atom. The van der Waals surface area contributed by atoms with Crippen molar-refractivity contribution in [2.24, 2.45) is 17.8 Å². The molecule has 2 heteroatoms. The van der Waals surface area contributed by atoms with Gasteiger partial charge in [-0.05, 0) is 111 Å². The molecule has 0 amide bonds. The zero-order valence-corrected chi connectivity index (χ0v) is 19.0. The molecule has 2 saturated carbocycles. The standard InChI is InChI=1S/C30H33FO/c1-3-5-23-8-12-26-21-27(14-13-25(26)19-23)29-17-11-24(20-30(29)31)7-6-22-9-15-28(16-10-22)32-18-4-2/h3-5,9-11,15-17,20,23,25-27H,2,8,12-14,18-19,21H2,1H3/b5-3+. The zero-order valence-electron chi connectivity index (χ0n) is 19.0. The summed E-state index contributed by atoms with van der Waals surface area (Å²) < 4.78 is 20.5. The molecule has 4 atom stereocenters. The first-order valence-corrected chi connectivity index (χ1v) is 11.9. The Bertz CT molecular complexity index is 1010. The van der Waals surface area contributed by atoms with Crippen LogP contribution in [0.1, 0.15) is 68.1 Å². The molecule has 2 aromatic rings. The van der Waals surface area contributed by atoms with E-state index in [0.29, 0.717) is 12.5 Å². The maximum Gasteiger partial charge on any atom is 0.127 e. The summed E-state index contributed by atoms with van der Waals surface area (Å²) in [5, 5.41) is 0. The molecule has 0 heterocycles. The van der Waals surface area contributed by atoms with E-state index in [1.54, 1.807) is 12.1 Å². The Morgan fingerprint density at radius 2 is 1.69 bits per heavy atom. The molecule has 0 aliphatic heterocycles. The Labute approximate surface area is 192 Å². The number of allylic oxidation sites excluding steroid dienone is 2. The lowest BCUT2D eigenvalue weighted by molar-refractivity contribution is 0.132. The van der Waals surface area contributed by atoms with Crippen molar-refractivity contribution in [3.8, 4) is 17.6 Å². The third-order valence-electron chi connectivity index (χ3n) is 7.13. The van der Waals surface area contributed by atoms with Crippen LogP contribution in [0.2, 0.25) is 0 Å². The number of fused-ring (bicyclic) bond motifs is 1. The topological polar surface area (TPSA) is 9.23 Å². The van der Waals surface area contributed by atoms with Crippen LogP contribution in [0.5, 0.6) is 5.75 Å². The third kappa shape index (κ3) is 5.52. The summed E-state index contributed by atoms with van der Waals surface area (Å²) in [4.78, 5) is 0. The summed E-state index contributed by atoms with van der Waals surface area (Å²) in [7, 11) is 0. The lowest BCUT2D eigenvalue weighted by atomic mass is 9.64. The van der Waals surface area contributed by atoms with E-state index in [-0.39, 0.29) is 5.82 Å². The minimum absolute atomic E-state index is 0.101. The second-order valence-electron chi connectivity index (χ2n) is 9.24. The molecule has 2 aromatic carbocycles. The fraction of sp³-hybridized carbons (Fsp3) is 0.400. The van der Waals surface area contributed by atoms with E-state index in [9.17, 15) is 0 Å². The van der Waals surface area contributed by atoms with Gasteiger partial charge < -0.3 is 4.74 Å². The molecule has 2 aliphatic carbocycles. The SMILES string of the molecule is C=CCOc1ccc(C#Cc2ccc(C3CCC4CC(/C=C/C)CCC4C3)c(F)c2)cc1. The van der Waals surface area contributed by atoms with Crippen LogP contribution in [0.15, 0.2) is 67.3 Å². The van der Waals surface area contributed by atoms with E-state index in [0.717, 1.165) is 53.0 Å². The highest BCUT2D eigenvalue weighted by atomic mass is 19.1. The minimum atomic E-state index is -0.101. The summed E-state index contributed by atoms with van der Waals surface area (Å²) in [6, 6.07) is 13.2. The van der Waals surface area contributed by atoms with Gasteiger partial charge in [-0.15, -0.1) is 0 Å². The van der Waals surface area contributed by atoms with Gasteiger partial charge in [0.15, 0.2) is 0 Å². The number of ether oxygens (including phenoxy) is 1. The monoisotopic (exact) mass is 428 g/mol. The molecule has 0 radical (unpaired) electrons. The van der Waals surface area contributed by atoms with Crippen LogP contribution in [0.3, 0.4) is 0 Å². The van der Waals surface area contributed by atoms with Crippen molar-refractivity contribution in [2.45, 2.75) is 51.4 Å². The highest BCUT2D eigenvalue weighted by Crippen LogP contribution is 2.48. The quantitative estimate of drug-likeness (QED) is 0.351. The molecule has 1 nitrogen and oxygen atoms in total. The summed E-state index contributed by atoms with van der Waals surface area (Å²) in [5.41, 5.74) is 2.49. The largest absolute Gasteiger partial charge is 0.490 e. The molecule has 2 aliphatic rings. The van der Waals surface area contributed by atoms with Crippen LogP contribution >= 0.6 is 0 Å². The second-order valence-corrected chi connectivity index (χ2v) is 9.24. The number of benzene rings is 2. The summed E-state index contributed by atoms with van der Waals surface area (Å²) in [6.45, 7) is 6.25. The molecule has 166 valence electrons. The maximum absolute atomic E-state index is 15.0. The molecule has 0 spiro atoms. The smallest absolute Gasteiger partial charge is 0.127 e. The molecule has 2 fully saturated rings. The fourth-order valence-corrected chi connectivity index (χ4v) is 5.52. The molecule has 0 N–H and O–H groups in total. The van der Waals surface area contributed by atoms with Gasteiger partial charge in [-0.25, -0.2) is 4.39 Å². The van der Waals surface area contributed by atoms with Gasteiger partial charge in [-0.3, -0.25) is 0 Å². The molecule has 0 bridgehead atoms. The van der Waals surface area contributed by atoms with E-state index < -0.39 is 0 Å². The zero-order chi connectivity index (χ0) is 22.3. The number of halogens is 1. The van der Waals surface area contributed by atoms with Crippen LogP contribution in [-0.2, 0) is 0 Å². The summed E-state index contributed by atoms with van der Waals surface area (Å²) >= 11 is 0. The van der Waals surface area contributed by atoms with Crippen LogP contribution in [0.25, 0.3) is 0 Å². The normalized spacial score (nSPS) is 24.9. The summed E-state index contributed by atoms with van der Waals surface area (Å²) in [5.74, 6) is 9.59. The van der Waals surface area contributed by atoms with Gasteiger partial charge in [0.2, 0.25) is 0 Å². The average Bonchev–Trinajstić information content (AvgIpc) is 2.82. The van der Waals surface area contributed by atoms with E-state index in [2.05, 4.69) is 37.5 Å². The molecular weight excluding hydrogens is 395 g/mol. The lowest BCUT2D eigenvalue weighted by Gasteiger charge is -2.41. The Hall–Kier alpha value is -2.79. The number of rotatable bonds is 5. The minimum Gasteiger partial charge on any atom is -0.490 e. The first kappa shape index (κ1) is 22.4. The number of hydrogen-bond acceptors (Lipinski definition) is 1. The van der Waals surface area contributed by atoms with Crippen LogP contribution in [0, 0.1) is 35.4 Å². The van der Waals surface area contributed by atoms with Crippen molar-refractivity contribution in [3.05, 3.63) is 89.8 Å². The lowest BCUT2D eigenvalue weighted by Crippen LogP contribution is -2.30. The summed E-state index contributed by atoms with van der Waals surface area (Å²) in [6.07, 6.45) is 13.7. The molecule has 4 rings (SSSR count). The Balaban J connectivity index is 1.39. The number of hydrogen-bond donors (Lipinski definition) is 0. The van der Waals surface area contributed by atoms with Gasteiger partial charge in [-0.1, -0.05) is 42.7 Å². The van der Waals surface area contributed by atoms with E-state index >= 15 is 4.39 Å². The second kappa shape index (κ2) is 10.7. The van der Waals surface area contributed by atoms with Gasteiger partial charge >= 0.3 is 0 Å². The van der Waals surface area contributed by atoms with E-state index in [1.165, 1.54) is 25.7 Å². The van der Waals surface area contributed by atoms with Crippen LogP contribution in [-0.4, -0.2) is 6.61 Å². The predicted molar refractivity (Wildman–Crippen MR) is 130 cm³/mol. The Morgan fingerprint density at radius 1 is 0.969 bits per heavy atom. The van der Waals surface area contributed by atoms with Gasteiger partial charge in [0, 0.05) is 11.1 Å². The van der Waals surface area contributed by atoms with Gasteiger partial charge in [0.05, 0.1) is 0 Å². The van der Waals surface area contributed by atoms with Crippen molar-refractivity contribution in [3.63, 3.8) is 0 Å². The first-order chi connectivity index (χ1) is 15.7. The predicted octanol–water partition coefficient (Wildman–Crippen LogP) is 7.67. The molecule has 0 saturated heterocycles. The van der Waals surface area contributed by atoms with Gasteiger partial charge in [0.25, 0.3) is 0 Å². The molecule has 4 unspecified atom stereocenters. The molecular formula is C30H33FO. The highest BCUT2D eigenvalue weighted by molar-refractivity contribution is 5.45. The highest BCUT2D eigenvalue weighted by Gasteiger charge is 2.35. The Kier molecular flexibility index (Phi) is 7.48. The van der Waals surface area contributed by atoms with E-state index in [4.69, 9.17) is 4.74 Å². The maximum atomic E-state index is 15.0. The van der Waals surface area contributed by atoms with Crippen LogP contribution < -0.4 is 4.74 Å². The van der Waals surface area contributed by atoms with Crippen molar-refractivity contribution < 1.29 is 9.13 Å². The van der Waals surface area contributed by atoms with E-state index in [1.807, 2.05) is 36.4 Å². The van der Waals surface area contributed by atoms with Crippen molar-refractivity contribution in [1.29, 1.82) is 0 Å². The van der Waals surface area contributed by atoms with Crippen LogP contribution in [0.4, 0.5) is 4.39 Å². The molecule has 0 aromatic heterocycles. The fourth-order valence-electron chi connectivity index (χ4n) is 5.52. The average molecular weight is 429 g/mol. The van der Waals surface area contributed by atoms with Gasteiger partial charge in [-0.2, -0.15) is 0 Å². The van der Waals surface area contributed by atoms with Crippen molar-refractivity contribution in [1.82, 2.24) is 0 Å². The third-order valence-corrected chi connectivity index (χ3v) is 7.13. The van der Waals surface area contributed by atoms with Crippen molar-refractivity contribution >= 4 is 0 Å². The van der Waals surface area contributed by atoms with Crippen molar-refractivity contribution in [2.75, 3.05) is 6.61 Å². The molecule has 32 heavy (non-hydrogen) atoms.